The molecule has 0 aliphatic rings. The molecule has 1 atom stereocenters. The normalized spacial score (nSPS) is 13.3. The van der Waals surface area contributed by atoms with Gasteiger partial charge in [-0.2, -0.15) is 22.0 Å². The van der Waals surface area contributed by atoms with Gasteiger partial charge < -0.3 is 15.2 Å². The van der Waals surface area contributed by atoms with Crippen molar-refractivity contribution in [3.05, 3.63) is 90.0 Å². The number of halogens is 5. The fourth-order valence-electron chi connectivity index (χ4n) is 3.09. The second-order valence-corrected chi connectivity index (χ2v) is 7.78. The van der Waals surface area contributed by atoms with Gasteiger partial charge in [0.1, 0.15) is 24.0 Å². The number of aliphatic imine (C=N–C) groups is 2. The third kappa shape index (κ3) is 7.76. The Morgan fingerprint density at radius 2 is 1.61 bits per heavy atom. The predicted octanol–water partition coefficient (Wildman–Crippen LogP) is 6.99. The first-order valence-electron chi connectivity index (χ1n) is 11.2. The number of carbonyl (C=O) groups is 1. The summed E-state index contributed by atoms with van der Waals surface area (Å²) in [5.41, 5.74) is 8.02. The van der Waals surface area contributed by atoms with Crippen LogP contribution < -0.4 is 15.8 Å². The molecular weight excluding hydrogens is 511 g/mol. The molecule has 0 aliphatic carbocycles. The molecule has 0 saturated carbocycles. The van der Waals surface area contributed by atoms with Gasteiger partial charge in [-0.15, -0.1) is 0 Å². The monoisotopic (exact) mass is 534 g/mol. The first kappa shape index (κ1) is 28.1. The van der Waals surface area contributed by atoms with Gasteiger partial charge in [0.05, 0.1) is 5.69 Å². The van der Waals surface area contributed by atoms with E-state index in [1.807, 2.05) is 37.3 Å². The molecule has 0 saturated heterocycles. The molecule has 3 rings (SSSR count). The minimum atomic E-state index is -5.84. The summed E-state index contributed by atoms with van der Waals surface area (Å²) in [5, 5.41) is 2.65. The van der Waals surface area contributed by atoms with Crippen molar-refractivity contribution in [1.29, 1.82) is 0 Å². The molecule has 1 unspecified atom stereocenters. The molecule has 3 aromatic rings. The van der Waals surface area contributed by atoms with E-state index in [0.717, 1.165) is 24.0 Å². The van der Waals surface area contributed by atoms with E-state index < -0.39 is 24.1 Å². The summed E-state index contributed by atoms with van der Waals surface area (Å²) in [4.78, 5) is 20.2. The third-order valence-electron chi connectivity index (χ3n) is 5.03. The van der Waals surface area contributed by atoms with Gasteiger partial charge in [0, 0.05) is 11.3 Å². The van der Waals surface area contributed by atoms with Crippen molar-refractivity contribution in [2.75, 3.05) is 5.32 Å². The predicted molar refractivity (Wildman–Crippen MR) is 133 cm³/mol. The number of ether oxygens (including phenoxy) is 2. The highest BCUT2D eigenvalue weighted by molar-refractivity contribution is 6.01. The Morgan fingerprint density at radius 1 is 0.974 bits per heavy atom. The van der Waals surface area contributed by atoms with Gasteiger partial charge in [-0.1, -0.05) is 37.3 Å². The molecule has 0 spiro atoms. The molecule has 0 aromatic heterocycles. The Morgan fingerprint density at radius 3 is 2.18 bits per heavy atom. The highest BCUT2D eigenvalue weighted by Crippen LogP contribution is 2.37. The number of carbonyl (C=O) groups excluding carboxylic acids is 1. The second kappa shape index (κ2) is 12.2. The molecule has 1 amide bonds. The summed E-state index contributed by atoms with van der Waals surface area (Å²) < 4.78 is 71.8. The molecule has 38 heavy (non-hydrogen) atoms. The Bertz CT molecular complexity index is 1260. The van der Waals surface area contributed by atoms with Crippen molar-refractivity contribution in [1.82, 2.24) is 0 Å². The number of amides is 1. The molecule has 0 fully saturated rings. The van der Waals surface area contributed by atoms with Crippen molar-refractivity contribution in [2.24, 2.45) is 15.7 Å². The van der Waals surface area contributed by atoms with Crippen LogP contribution in [0, 0.1) is 0 Å². The largest absolute Gasteiger partial charge is 0.499 e. The fourth-order valence-corrected chi connectivity index (χ4v) is 3.09. The average molecular weight is 534 g/mol. The van der Waals surface area contributed by atoms with E-state index in [-0.39, 0.29) is 17.6 Å². The zero-order chi connectivity index (χ0) is 27.8. The topological polar surface area (TPSA) is 98.3 Å². The lowest BCUT2D eigenvalue weighted by Gasteiger charge is -2.20. The van der Waals surface area contributed by atoms with Crippen LogP contribution in [0.3, 0.4) is 0 Å². The Kier molecular flexibility index (Phi) is 9.00. The van der Waals surface area contributed by atoms with Gasteiger partial charge >= 0.3 is 18.4 Å². The number of anilines is 1. The number of hydrogen-bond acceptors (Lipinski definition) is 4. The molecule has 200 valence electrons. The molecule has 0 bridgehead atoms. The van der Waals surface area contributed by atoms with Crippen molar-refractivity contribution in [2.45, 2.75) is 31.7 Å². The number of benzene rings is 3. The summed E-state index contributed by atoms with van der Waals surface area (Å²) in [6.45, 7) is 1.91. The number of nitrogens with zero attached hydrogens (tertiary/aromatic N) is 2. The van der Waals surface area contributed by atoms with Crippen LogP contribution in [0.2, 0.25) is 0 Å². The minimum Gasteiger partial charge on any atom is -0.441 e. The molecule has 0 radical (unpaired) electrons. The average Bonchev–Trinajstić information content (AvgIpc) is 2.88. The number of hydrogen-bond donors (Lipinski definition) is 2. The molecule has 0 heterocycles. The van der Waals surface area contributed by atoms with E-state index in [2.05, 4.69) is 20.0 Å². The van der Waals surface area contributed by atoms with Gasteiger partial charge in [-0.05, 0) is 60.5 Å². The number of nitrogens with one attached hydrogen (secondary N) is 1. The van der Waals surface area contributed by atoms with E-state index in [9.17, 15) is 26.7 Å². The van der Waals surface area contributed by atoms with Gasteiger partial charge in [-0.25, -0.2) is 14.8 Å². The highest BCUT2D eigenvalue weighted by atomic mass is 19.4. The van der Waals surface area contributed by atoms with Crippen molar-refractivity contribution >= 4 is 29.6 Å². The summed E-state index contributed by atoms with van der Waals surface area (Å²) >= 11 is 0. The summed E-state index contributed by atoms with van der Waals surface area (Å²) in [6.07, 6.45) is -10.5. The zero-order valence-corrected chi connectivity index (χ0v) is 20.0. The first-order chi connectivity index (χ1) is 18.0. The van der Waals surface area contributed by atoms with Gasteiger partial charge in [0.15, 0.2) is 0 Å². The molecule has 7 nitrogen and oxygen atoms in total. The van der Waals surface area contributed by atoms with E-state index in [1.165, 1.54) is 12.1 Å². The summed E-state index contributed by atoms with van der Waals surface area (Å²) in [7, 11) is 0. The zero-order valence-electron chi connectivity index (χ0n) is 20.0. The fraction of sp³-hybridized carbons (Fsp3) is 0.192. The first-order valence-corrected chi connectivity index (χ1v) is 11.2. The van der Waals surface area contributed by atoms with E-state index >= 15 is 0 Å². The lowest BCUT2D eigenvalue weighted by Crippen LogP contribution is -2.41. The number of nitrogens with two attached hydrogens (primary N) is 1. The lowest BCUT2D eigenvalue weighted by atomic mass is 10.1. The maximum Gasteiger partial charge on any atom is 0.499 e. The van der Waals surface area contributed by atoms with E-state index in [0.29, 0.717) is 17.7 Å². The Hall–Kier alpha value is -4.48. The molecule has 12 heteroatoms. The van der Waals surface area contributed by atoms with Crippen LogP contribution >= 0.6 is 0 Å². The van der Waals surface area contributed by atoms with Crippen molar-refractivity contribution in [3.63, 3.8) is 0 Å². The highest BCUT2D eigenvalue weighted by Gasteiger charge is 2.61. The van der Waals surface area contributed by atoms with Crippen LogP contribution in [0.25, 0.3) is 0 Å². The summed E-state index contributed by atoms with van der Waals surface area (Å²) in [5.74, 6) is -0.597. The number of rotatable bonds is 9. The maximum absolute atomic E-state index is 13.0. The van der Waals surface area contributed by atoms with E-state index in [1.54, 1.807) is 24.3 Å². The lowest BCUT2D eigenvalue weighted by molar-refractivity contribution is -0.360. The summed E-state index contributed by atoms with van der Waals surface area (Å²) in [6, 6.07) is 20.0. The van der Waals surface area contributed by atoms with Crippen LogP contribution in [0.1, 0.15) is 30.6 Å². The molecule has 3 aromatic carbocycles. The Balaban J connectivity index is 1.55. The van der Waals surface area contributed by atoms with Crippen LogP contribution in [-0.2, 0) is 4.74 Å². The van der Waals surface area contributed by atoms with Crippen LogP contribution in [-0.4, -0.2) is 30.6 Å². The van der Waals surface area contributed by atoms with Gasteiger partial charge in [0.2, 0.25) is 0 Å². The SMILES string of the molecule is CCC(OC(=O)Nc1ccc(C(N)=NC=Nc2ccc(OC(F)(F)C(F)(F)F)cc2)cc1)c1ccccc1. The van der Waals surface area contributed by atoms with Crippen LogP contribution in [0.4, 0.5) is 38.1 Å². The quantitative estimate of drug-likeness (QED) is 0.176. The Labute approximate surface area is 214 Å². The molecule has 0 aliphatic heterocycles. The maximum atomic E-state index is 13.0. The van der Waals surface area contributed by atoms with E-state index in [4.69, 9.17) is 10.5 Å². The van der Waals surface area contributed by atoms with Crippen molar-refractivity contribution < 1.29 is 36.2 Å². The minimum absolute atomic E-state index is 0.0859. The van der Waals surface area contributed by atoms with Gasteiger partial charge in [0.25, 0.3) is 0 Å². The third-order valence-corrected chi connectivity index (χ3v) is 5.03. The standard InChI is InChI=1S/C26H23F5N4O3/c1-2-22(17-6-4-3-5-7-17)37-24(36)35-20-10-8-18(9-11-20)23(32)34-16-33-19-12-14-21(15-13-19)38-26(30,31)25(27,28)29/h3-16,22H,2H2,1H3,(H,35,36)(H2,32,33,34). The second-order valence-electron chi connectivity index (χ2n) is 7.78. The smallest absolute Gasteiger partial charge is 0.441 e. The number of amidine groups is 1. The van der Waals surface area contributed by atoms with Crippen LogP contribution in [0.15, 0.2) is 88.8 Å². The van der Waals surface area contributed by atoms with Crippen LogP contribution in [0.5, 0.6) is 5.75 Å². The molecule has 3 N–H and O–H groups in total. The molecular formula is C26H23F5N4O3. The van der Waals surface area contributed by atoms with Crippen molar-refractivity contribution in [3.8, 4) is 5.75 Å². The number of alkyl halides is 5. The van der Waals surface area contributed by atoms with Gasteiger partial charge in [-0.3, -0.25) is 5.32 Å².